The highest BCUT2D eigenvalue weighted by Gasteiger charge is 2.30. The van der Waals surface area contributed by atoms with Crippen LogP contribution < -0.4 is 5.32 Å². The molecule has 1 aromatic heterocycles. The summed E-state index contributed by atoms with van der Waals surface area (Å²) in [4.78, 5) is 14.9. The number of anilines is 1. The van der Waals surface area contributed by atoms with E-state index in [1.54, 1.807) is 41.4 Å². The van der Waals surface area contributed by atoms with Crippen LogP contribution in [0.3, 0.4) is 0 Å². The predicted octanol–water partition coefficient (Wildman–Crippen LogP) is 8.10. The van der Waals surface area contributed by atoms with Crippen molar-refractivity contribution in [1.29, 1.82) is 0 Å². The van der Waals surface area contributed by atoms with Crippen molar-refractivity contribution in [2.24, 2.45) is 0 Å². The molecule has 2 amide bonds. The van der Waals surface area contributed by atoms with Gasteiger partial charge in [0.05, 0.1) is 22.8 Å². The van der Waals surface area contributed by atoms with Crippen molar-refractivity contribution < 1.29 is 18.0 Å². The third kappa shape index (κ3) is 6.62. The number of halogens is 5. The van der Waals surface area contributed by atoms with Gasteiger partial charge in [-0.05, 0) is 53.6 Å². The van der Waals surface area contributed by atoms with Crippen molar-refractivity contribution in [3.05, 3.63) is 124 Å². The normalized spacial score (nSPS) is 11.4. The number of alkyl halides is 3. The van der Waals surface area contributed by atoms with E-state index in [1.165, 1.54) is 6.07 Å². The average molecular weight is 532 g/mol. The molecule has 186 valence electrons. The molecule has 1 heterocycles. The lowest BCUT2D eigenvalue weighted by molar-refractivity contribution is -0.137. The summed E-state index contributed by atoms with van der Waals surface area (Å²) in [5.41, 5.74) is 1.92. The monoisotopic (exact) mass is 531 g/mol. The van der Waals surface area contributed by atoms with Crippen LogP contribution in [-0.4, -0.2) is 15.5 Å². The maximum absolute atomic E-state index is 13.3. The Morgan fingerprint density at radius 3 is 2.33 bits per heavy atom. The molecule has 0 unspecified atom stereocenters. The standard InChI is InChI=1S/C27H22Cl2F3N3O/c28-22-11-12-25(24(29)15-22)33-26(36)35(16-19-6-2-1-3-7-19)18-23-10-5-13-34(23)17-20-8-4-9-21(14-20)27(30,31)32/h1-15H,16-18H2,(H,33,36). The zero-order valence-electron chi connectivity index (χ0n) is 19.0. The Balaban J connectivity index is 1.57. The number of hydrogen-bond acceptors (Lipinski definition) is 1. The van der Waals surface area contributed by atoms with Gasteiger partial charge in [-0.25, -0.2) is 4.79 Å². The van der Waals surface area contributed by atoms with Crippen LogP contribution in [0.4, 0.5) is 23.7 Å². The zero-order chi connectivity index (χ0) is 25.7. The van der Waals surface area contributed by atoms with Crippen molar-refractivity contribution in [2.45, 2.75) is 25.8 Å². The fourth-order valence-electron chi connectivity index (χ4n) is 3.77. The molecule has 0 aliphatic heterocycles. The first-order valence-electron chi connectivity index (χ1n) is 11.0. The number of urea groups is 1. The van der Waals surface area contributed by atoms with E-state index >= 15 is 0 Å². The number of aromatic nitrogens is 1. The lowest BCUT2D eigenvalue weighted by atomic mass is 10.1. The van der Waals surface area contributed by atoms with E-state index in [-0.39, 0.29) is 19.1 Å². The molecule has 0 atom stereocenters. The largest absolute Gasteiger partial charge is 0.416 e. The number of rotatable bonds is 7. The summed E-state index contributed by atoms with van der Waals surface area (Å²) >= 11 is 12.2. The number of carbonyl (C=O) groups is 1. The van der Waals surface area contributed by atoms with E-state index in [9.17, 15) is 18.0 Å². The van der Waals surface area contributed by atoms with E-state index in [1.807, 2.05) is 41.0 Å². The Morgan fingerprint density at radius 2 is 1.61 bits per heavy atom. The lowest BCUT2D eigenvalue weighted by Crippen LogP contribution is -2.34. The van der Waals surface area contributed by atoms with Gasteiger partial charge in [-0.1, -0.05) is 65.7 Å². The third-order valence-corrected chi connectivity index (χ3v) is 6.11. The molecule has 0 bridgehead atoms. The maximum Gasteiger partial charge on any atom is 0.416 e. The van der Waals surface area contributed by atoms with Gasteiger partial charge in [0.15, 0.2) is 0 Å². The number of carbonyl (C=O) groups excluding carboxylic acids is 1. The maximum atomic E-state index is 13.3. The summed E-state index contributed by atoms with van der Waals surface area (Å²) in [5.74, 6) is 0. The van der Waals surface area contributed by atoms with E-state index in [0.29, 0.717) is 27.8 Å². The van der Waals surface area contributed by atoms with Gasteiger partial charge in [-0.3, -0.25) is 0 Å². The number of nitrogens with zero attached hydrogens (tertiary/aromatic N) is 2. The molecule has 9 heteroatoms. The highest BCUT2D eigenvalue weighted by Crippen LogP contribution is 2.30. The van der Waals surface area contributed by atoms with E-state index in [0.717, 1.165) is 23.4 Å². The first-order chi connectivity index (χ1) is 17.2. The number of hydrogen-bond donors (Lipinski definition) is 1. The van der Waals surface area contributed by atoms with Gasteiger partial charge in [-0.2, -0.15) is 13.2 Å². The van der Waals surface area contributed by atoms with Crippen LogP contribution in [-0.2, 0) is 25.8 Å². The van der Waals surface area contributed by atoms with E-state index in [4.69, 9.17) is 23.2 Å². The Labute approximate surface area is 216 Å². The molecule has 0 saturated heterocycles. The fraction of sp³-hybridized carbons (Fsp3) is 0.148. The second-order valence-corrected chi connectivity index (χ2v) is 9.07. The molecule has 3 aromatic carbocycles. The number of amides is 2. The van der Waals surface area contributed by atoms with Crippen LogP contribution in [0.2, 0.25) is 10.0 Å². The molecule has 0 radical (unpaired) electrons. The van der Waals surface area contributed by atoms with Crippen LogP contribution in [0, 0.1) is 0 Å². The van der Waals surface area contributed by atoms with Crippen LogP contribution >= 0.6 is 23.2 Å². The second-order valence-electron chi connectivity index (χ2n) is 8.22. The summed E-state index contributed by atoms with van der Waals surface area (Å²) in [6.45, 7) is 0.764. The lowest BCUT2D eigenvalue weighted by Gasteiger charge is -2.24. The van der Waals surface area contributed by atoms with E-state index in [2.05, 4.69) is 5.32 Å². The SMILES string of the molecule is O=C(Nc1ccc(Cl)cc1Cl)N(Cc1ccccc1)Cc1cccn1Cc1cccc(C(F)(F)F)c1. The first-order valence-corrected chi connectivity index (χ1v) is 11.8. The Kier molecular flexibility index (Phi) is 7.91. The quantitative estimate of drug-likeness (QED) is 0.257. The van der Waals surface area contributed by atoms with Crippen LogP contribution in [0.1, 0.15) is 22.4 Å². The molecule has 4 nitrogen and oxygen atoms in total. The van der Waals surface area contributed by atoms with Crippen molar-refractivity contribution in [3.8, 4) is 0 Å². The topological polar surface area (TPSA) is 37.3 Å². The molecule has 36 heavy (non-hydrogen) atoms. The highest BCUT2D eigenvalue weighted by atomic mass is 35.5. The number of nitrogens with one attached hydrogen (secondary N) is 1. The van der Waals surface area contributed by atoms with Gasteiger partial charge >= 0.3 is 12.2 Å². The summed E-state index contributed by atoms with van der Waals surface area (Å²) in [7, 11) is 0. The summed E-state index contributed by atoms with van der Waals surface area (Å²) < 4.78 is 41.3. The zero-order valence-corrected chi connectivity index (χ0v) is 20.5. The molecule has 0 fully saturated rings. The molecule has 0 spiro atoms. The Bertz CT molecular complexity index is 1340. The molecular weight excluding hydrogens is 510 g/mol. The van der Waals surface area contributed by atoms with Gasteiger partial charge in [0, 0.05) is 30.0 Å². The van der Waals surface area contributed by atoms with Crippen LogP contribution in [0.5, 0.6) is 0 Å². The average Bonchev–Trinajstić information content (AvgIpc) is 3.27. The van der Waals surface area contributed by atoms with Crippen molar-refractivity contribution in [1.82, 2.24) is 9.47 Å². The molecule has 4 rings (SSSR count). The third-order valence-electron chi connectivity index (χ3n) is 5.56. The second kappa shape index (κ2) is 11.1. The van der Waals surface area contributed by atoms with Gasteiger partial charge < -0.3 is 14.8 Å². The van der Waals surface area contributed by atoms with E-state index < -0.39 is 11.7 Å². The summed E-state index contributed by atoms with van der Waals surface area (Å²) in [6, 6.07) is 22.8. The molecule has 0 saturated carbocycles. The minimum absolute atomic E-state index is 0.220. The minimum atomic E-state index is -4.41. The molecule has 1 N–H and O–H groups in total. The molecular formula is C27H22Cl2F3N3O. The summed E-state index contributed by atoms with van der Waals surface area (Å²) in [5, 5.41) is 3.58. The molecule has 0 aliphatic carbocycles. The van der Waals surface area contributed by atoms with Gasteiger partial charge in [0.2, 0.25) is 0 Å². The minimum Gasteiger partial charge on any atom is -0.345 e. The molecule has 4 aromatic rings. The Morgan fingerprint density at radius 1 is 0.861 bits per heavy atom. The first kappa shape index (κ1) is 25.7. The summed E-state index contributed by atoms with van der Waals surface area (Å²) in [6.07, 6.45) is -2.63. The predicted molar refractivity (Wildman–Crippen MR) is 136 cm³/mol. The smallest absolute Gasteiger partial charge is 0.345 e. The Hall–Kier alpha value is -3.42. The van der Waals surface area contributed by atoms with Gasteiger partial charge in [0.25, 0.3) is 0 Å². The van der Waals surface area contributed by atoms with Crippen LogP contribution in [0.25, 0.3) is 0 Å². The number of benzene rings is 3. The van der Waals surface area contributed by atoms with Crippen molar-refractivity contribution >= 4 is 34.9 Å². The highest BCUT2D eigenvalue weighted by molar-refractivity contribution is 6.36. The van der Waals surface area contributed by atoms with Crippen LogP contribution in [0.15, 0.2) is 91.1 Å². The van der Waals surface area contributed by atoms with Crippen molar-refractivity contribution in [3.63, 3.8) is 0 Å². The van der Waals surface area contributed by atoms with Gasteiger partial charge in [-0.15, -0.1) is 0 Å². The fourth-order valence-corrected chi connectivity index (χ4v) is 4.23. The van der Waals surface area contributed by atoms with Gasteiger partial charge in [0.1, 0.15) is 0 Å². The van der Waals surface area contributed by atoms with Crippen molar-refractivity contribution in [2.75, 3.05) is 5.32 Å². The molecule has 0 aliphatic rings.